The number of sulfonamides is 1. The van der Waals surface area contributed by atoms with Gasteiger partial charge in [-0.1, -0.05) is 6.07 Å². The molecule has 7 nitrogen and oxygen atoms in total. The second kappa shape index (κ2) is 11.1. The molecule has 0 atom stereocenters. The molecule has 0 unspecified atom stereocenters. The Hall–Kier alpha value is -2.95. The summed E-state index contributed by atoms with van der Waals surface area (Å²) in [4.78, 5) is 12.0. The molecule has 0 saturated heterocycles. The second-order valence-electron chi connectivity index (χ2n) is 6.86. The number of carbonyl (C=O) groups is 1. The first-order valence-electron chi connectivity index (χ1n) is 9.69. The van der Waals surface area contributed by atoms with Gasteiger partial charge in [0.1, 0.15) is 18.1 Å². The summed E-state index contributed by atoms with van der Waals surface area (Å²) in [5.41, 5.74) is -0.766. The zero-order chi connectivity index (χ0) is 23.8. The molecule has 1 amide bonds. The molecule has 0 aliphatic rings. The van der Waals surface area contributed by atoms with Gasteiger partial charge in [-0.2, -0.15) is 13.2 Å². The van der Waals surface area contributed by atoms with E-state index in [0.717, 1.165) is 34.8 Å². The molecule has 1 N–H and O–H groups in total. The summed E-state index contributed by atoms with van der Waals surface area (Å²) in [7, 11) is -2.19. The molecular weight excluding hydrogens is 449 g/mol. The quantitative estimate of drug-likeness (QED) is 0.505. The highest BCUT2D eigenvalue weighted by molar-refractivity contribution is 7.92. The third kappa shape index (κ3) is 7.95. The van der Waals surface area contributed by atoms with Gasteiger partial charge in [0.2, 0.25) is 15.9 Å². The van der Waals surface area contributed by atoms with Crippen molar-refractivity contribution >= 4 is 21.6 Å². The molecule has 0 fully saturated rings. The monoisotopic (exact) mass is 474 g/mol. The first kappa shape index (κ1) is 25.3. The van der Waals surface area contributed by atoms with Gasteiger partial charge in [-0.15, -0.1) is 0 Å². The van der Waals surface area contributed by atoms with Crippen LogP contribution in [0.15, 0.2) is 48.5 Å². The van der Waals surface area contributed by atoms with Crippen LogP contribution >= 0.6 is 0 Å². The Kier molecular flexibility index (Phi) is 8.76. The molecule has 0 heterocycles. The van der Waals surface area contributed by atoms with Crippen LogP contribution in [-0.2, 0) is 21.0 Å². The fourth-order valence-corrected chi connectivity index (χ4v) is 3.79. The van der Waals surface area contributed by atoms with Gasteiger partial charge in [-0.3, -0.25) is 9.10 Å². The van der Waals surface area contributed by atoms with E-state index in [2.05, 4.69) is 5.32 Å². The molecule has 2 aromatic rings. The van der Waals surface area contributed by atoms with Crippen molar-refractivity contribution in [2.45, 2.75) is 19.0 Å². The summed E-state index contributed by atoms with van der Waals surface area (Å²) in [5, 5.41) is 2.67. The highest BCUT2D eigenvalue weighted by Crippen LogP contribution is 2.31. The van der Waals surface area contributed by atoms with Gasteiger partial charge in [-0.25, -0.2) is 8.42 Å². The van der Waals surface area contributed by atoms with Crippen molar-refractivity contribution in [2.75, 3.05) is 37.4 Å². The number of anilines is 1. The van der Waals surface area contributed by atoms with Crippen molar-refractivity contribution in [1.29, 1.82) is 0 Å². The van der Waals surface area contributed by atoms with Gasteiger partial charge in [-0.05, 0) is 42.8 Å². The van der Waals surface area contributed by atoms with E-state index < -0.39 is 21.8 Å². The fourth-order valence-electron chi connectivity index (χ4n) is 2.82. The molecular formula is C21H25F3N2O5S. The number of hydrogen-bond donors (Lipinski definition) is 1. The van der Waals surface area contributed by atoms with Crippen LogP contribution in [0.2, 0.25) is 0 Å². The molecule has 0 aromatic heterocycles. The van der Waals surface area contributed by atoms with Gasteiger partial charge < -0.3 is 14.8 Å². The van der Waals surface area contributed by atoms with Gasteiger partial charge in [0.25, 0.3) is 0 Å². The molecule has 0 aliphatic carbocycles. The van der Waals surface area contributed by atoms with E-state index in [4.69, 9.17) is 9.47 Å². The average molecular weight is 475 g/mol. The Morgan fingerprint density at radius 2 is 1.75 bits per heavy atom. The van der Waals surface area contributed by atoms with E-state index in [1.165, 1.54) is 0 Å². The van der Waals surface area contributed by atoms with Gasteiger partial charge in [0.05, 0.1) is 31.2 Å². The zero-order valence-corrected chi connectivity index (χ0v) is 18.5. The number of hydrogen-bond acceptors (Lipinski definition) is 5. The Labute approximate surface area is 185 Å². The number of nitrogens with one attached hydrogen (secondary N) is 1. The average Bonchev–Trinajstić information content (AvgIpc) is 2.73. The first-order chi connectivity index (χ1) is 15.0. The van der Waals surface area contributed by atoms with E-state index in [-0.39, 0.29) is 44.1 Å². The normalized spacial score (nSPS) is 11.7. The third-order valence-electron chi connectivity index (χ3n) is 4.38. The molecule has 0 spiro atoms. The molecule has 2 aromatic carbocycles. The van der Waals surface area contributed by atoms with E-state index in [0.29, 0.717) is 11.5 Å². The van der Waals surface area contributed by atoms with Gasteiger partial charge in [0, 0.05) is 19.0 Å². The number of rotatable bonds is 11. The Bertz CT molecular complexity index is 995. The predicted molar refractivity (Wildman–Crippen MR) is 114 cm³/mol. The van der Waals surface area contributed by atoms with Crippen molar-refractivity contribution in [2.24, 2.45) is 0 Å². The van der Waals surface area contributed by atoms with Crippen molar-refractivity contribution in [3.8, 4) is 11.5 Å². The summed E-state index contributed by atoms with van der Waals surface area (Å²) < 4.78 is 73.8. The lowest BCUT2D eigenvalue weighted by Gasteiger charge is -2.22. The molecule has 32 heavy (non-hydrogen) atoms. The zero-order valence-electron chi connectivity index (χ0n) is 17.7. The number of ether oxygens (including phenoxy) is 2. The minimum atomic E-state index is -4.51. The van der Waals surface area contributed by atoms with Crippen LogP contribution in [0, 0.1) is 0 Å². The summed E-state index contributed by atoms with van der Waals surface area (Å²) in [5.74, 6) is 0.953. The molecule has 176 valence electrons. The molecule has 0 aliphatic heterocycles. The highest BCUT2D eigenvalue weighted by Gasteiger charge is 2.30. The third-order valence-corrected chi connectivity index (χ3v) is 5.58. The maximum Gasteiger partial charge on any atom is 0.416 e. The van der Waals surface area contributed by atoms with Crippen LogP contribution < -0.4 is 19.1 Å². The summed E-state index contributed by atoms with van der Waals surface area (Å²) in [6.07, 6.45) is -3.31. The number of methoxy groups -OCH3 is 1. The maximum absolute atomic E-state index is 12.7. The SMILES string of the molecule is COc1cccc(OCCNC(=O)CCCN(c2ccc(C(F)(F)F)cc2)S(C)(=O)=O)c1. The molecule has 11 heteroatoms. The predicted octanol–water partition coefficient (Wildman–Crippen LogP) is 3.46. The molecule has 0 radical (unpaired) electrons. The van der Waals surface area contributed by atoms with E-state index >= 15 is 0 Å². The standard InChI is InChI=1S/C21H25F3N2O5S/c1-30-18-5-3-6-19(15-18)31-14-12-25-20(27)7-4-13-26(32(2,28)29)17-10-8-16(9-11-17)21(22,23)24/h3,5-6,8-11,15H,4,7,12-14H2,1-2H3,(H,25,27). The number of carbonyl (C=O) groups excluding carboxylic acids is 1. The van der Waals surface area contributed by atoms with Gasteiger partial charge in [0.15, 0.2) is 0 Å². The van der Waals surface area contributed by atoms with E-state index in [1.54, 1.807) is 31.4 Å². The topological polar surface area (TPSA) is 84.9 Å². The Morgan fingerprint density at radius 3 is 2.34 bits per heavy atom. The van der Waals surface area contributed by atoms with Crippen molar-refractivity contribution in [3.05, 3.63) is 54.1 Å². The minimum Gasteiger partial charge on any atom is -0.497 e. The summed E-state index contributed by atoms with van der Waals surface area (Å²) in [6, 6.07) is 10.9. The number of benzene rings is 2. The van der Waals surface area contributed by atoms with Gasteiger partial charge >= 0.3 is 6.18 Å². The van der Waals surface area contributed by atoms with Crippen LogP contribution in [0.3, 0.4) is 0 Å². The maximum atomic E-state index is 12.7. The summed E-state index contributed by atoms with van der Waals surface area (Å²) >= 11 is 0. The minimum absolute atomic E-state index is 0.0437. The van der Waals surface area contributed by atoms with Crippen LogP contribution in [0.5, 0.6) is 11.5 Å². The van der Waals surface area contributed by atoms with Crippen LogP contribution in [0.4, 0.5) is 18.9 Å². The Morgan fingerprint density at radius 1 is 1.09 bits per heavy atom. The number of amides is 1. The largest absolute Gasteiger partial charge is 0.497 e. The van der Waals surface area contributed by atoms with E-state index in [9.17, 15) is 26.4 Å². The summed E-state index contributed by atoms with van der Waals surface area (Å²) in [6.45, 7) is 0.447. The number of alkyl halides is 3. The van der Waals surface area contributed by atoms with Crippen molar-refractivity contribution in [3.63, 3.8) is 0 Å². The lowest BCUT2D eigenvalue weighted by atomic mass is 10.2. The molecule has 2 rings (SSSR count). The lowest BCUT2D eigenvalue weighted by molar-refractivity contribution is -0.137. The molecule has 0 saturated carbocycles. The lowest BCUT2D eigenvalue weighted by Crippen LogP contribution is -2.33. The second-order valence-corrected chi connectivity index (χ2v) is 8.77. The van der Waals surface area contributed by atoms with Crippen molar-refractivity contribution < 1.29 is 35.9 Å². The van der Waals surface area contributed by atoms with Crippen LogP contribution in [-0.4, -0.2) is 47.4 Å². The van der Waals surface area contributed by atoms with E-state index in [1.807, 2.05) is 0 Å². The Balaban J connectivity index is 1.80. The smallest absolute Gasteiger partial charge is 0.416 e. The molecule has 0 bridgehead atoms. The number of nitrogens with zero attached hydrogens (tertiary/aromatic N) is 1. The van der Waals surface area contributed by atoms with Crippen LogP contribution in [0.1, 0.15) is 18.4 Å². The van der Waals surface area contributed by atoms with Crippen molar-refractivity contribution in [1.82, 2.24) is 5.32 Å². The number of halogens is 3. The fraction of sp³-hybridized carbons (Fsp3) is 0.381. The highest BCUT2D eigenvalue weighted by atomic mass is 32.2. The van der Waals surface area contributed by atoms with Crippen LogP contribution in [0.25, 0.3) is 0 Å². The first-order valence-corrected chi connectivity index (χ1v) is 11.5.